The van der Waals surface area contributed by atoms with Gasteiger partial charge >= 0.3 is 6.09 Å². The van der Waals surface area contributed by atoms with Gasteiger partial charge in [-0.25, -0.2) is 4.79 Å². The summed E-state index contributed by atoms with van der Waals surface area (Å²) in [4.78, 5) is 11.2. The quantitative estimate of drug-likeness (QED) is 0.770. The summed E-state index contributed by atoms with van der Waals surface area (Å²) in [5, 5.41) is 11.4. The Balaban J connectivity index is 2.65. The number of nitrogens with one attached hydrogen (secondary N) is 1. The molecule has 0 spiro atoms. The Labute approximate surface area is 126 Å². The van der Waals surface area contributed by atoms with Gasteiger partial charge in [-0.2, -0.15) is 0 Å². The molecule has 0 aliphatic heterocycles. The van der Waals surface area contributed by atoms with Crippen LogP contribution in [0.15, 0.2) is 16.6 Å². The van der Waals surface area contributed by atoms with Gasteiger partial charge in [0, 0.05) is 6.54 Å². The third kappa shape index (κ3) is 4.90. The van der Waals surface area contributed by atoms with E-state index in [9.17, 15) is 4.79 Å². The van der Waals surface area contributed by atoms with Crippen LogP contribution in [-0.2, 0) is 11.2 Å². The number of alkyl carbamates (subject to hydrolysis) is 1. The number of aliphatic hydroxyl groups excluding tert-OH is 1. The number of hydrogen-bond donors (Lipinski definition) is 2. The number of hydrogen-bond acceptors (Lipinski definition) is 5. The molecule has 0 saturated heterocycles. The molecule has 0 aliphatic rings. The smallest absolute Gasteiger partial charge is 0.409 e. The van der Waals surface area contributed by atoms with Crippen LogP contribution < -0.4 is 14.8 Å². The van der Waals surface area contributed by atoms with Crippen molar-refractivity contribution >= 4 is 22.0 Å². The summed E-state index contributed by atoms with van der Waals surface area (Å²) in [7, 11) is 3.15. The highest BCUT2D eigenvalue weighted by molar-refractivity contribution is 9.10. The zero-order valence-electron chi connectivity index (χ0n) is 11.6. The minimum absolute atomic E-state index is 0.354. The van der Waals surface area contributed by atoms with Gasteiger partial charge in [0.15, 0.2) is 6.29 Å². The molecule has 0 heterocycles. The third-order valence-electron chi connectivity index (χ3n) is 2.50. The van der Waals surface area contributed by atoms with E-state index in [4.69, 9.17) is 14.6 Å². The monoisotopic (exact) mass is 347 g/mol. The zero-order chi connectivity index (χ0) is 15.1. The van der Waals surface area contributed by atoms with Gasteiger partial charge in [-0.3, -0.25) is 0 Å². The van der Waals surface area contributed by atoms with Gasteiger partial charge in [0.25, 0.3) is 0 Å². The minimum atomic E-state index is -1.13. The van der Waals surface area contributed by atoms with E-state index in [0.717, 1.165) is 10.0 Å². The van der Waals surface area contributed by atoms with Gasteiger partial charge in [-0.05, 0) is 47.0 Å². The minimum Gasteiger partial charge on any atom is -0.496 e. The van der Waals surface area contributed by atoms with Crippen molar-refractivity contribution in [2.24, 2.45) is 0 Å². The van der Waals surface area contributed by atoms with E-state index in [1.165, 1.54) is 6.92 Å². The predicted octanol–water partition coefficient (Wildman–Crippen LogP) is 2.07. The van der Waals surface area contributed by atoms with Crippen molar-refractivity contribution in [1.29, 1.82) is 0 Å². The van der Waals surface area contributed by atoms with Gasteiger partial charge in [-0.1, -0.05) is 0 Å². The summed E-state index contributed by atoms with van der Waals surface area (Å²) in [6.07, 6.45) is -1.25. The average Bonchev–Trinajstić information content (AvgIpc) is 2.39. The van der Waals surface area contributed by atoms with Crippen molar-refractivity contribution in [1.82, 2.24) is 5.32 Å². The molecule has 0 saturated carbocycles. The van der Waals surface area contributed by atoms with E-state index < -0.39 is 12.4 Å². The molecular formula is C13H18BrNO5. The number of aliphatic hydroxyl groups is 1. The third-order valence-corrected chi connectivity index (χ3v) is 3.12. The molecular weight excluding hydrogens is 330 g/mol. The van der Waals surface area contributed by atoms with E-state index in [-0.39, 0.29) is 0 Å². The maximum absolute atomic E-state index is 11.2. The Bertz CT molecular complexity index is 464. The SMILES string of the molecule is COc1cc(CCNC(=O)OC(C)O)c(OC)cc1Br. The number of carbonyl (C=O) groups excluding carboxylic acids is 1. The van der Waals surface area contributed by atoms with Crippen molar-refractivity contribution in [2.45, 2.75) is 19.6 Å². The Morgan fingerprint density at radius 2 is 2.00 bits per heavy atom. The highest BCUT2D eigenvalue weighted by Gasteiger charge is 2.11. The lowest BCUT2D eigenvalue weighted by Crippen LogP contribution is -2.29. The van der Waals surface area contributed by atoms with Gasteiger partial charge < -0.3 is 24.6 Å². The van der Waals surface area contributed by atoms with Crippen LogP contribution in [-0.4, -0.2) is 38.3 Å². The van der Waals surface area contributed by atoms with E-state index in [2.05, 4.69) is 26.0 Å². The first-order valence-electron chi connectivity index (χ1n) is 6.01. The maximum atomic E-state index is 11.2. The second kappa shape index (κ2) is 7.96. The number of benzene rings is 1. The number of carbonyl (C=O) groups is 1. The second-order valence-corrected chi connectivity index (χ2v) is 4.83. The largest absolute Gasteiger partial charge is 0.496 e. The van der Waals surface area contributed by atoms with Crippen LogP contribution in [0.3, 0.4) is 0 Å². The molecule has 0 aromatic heterocycles. The second-order valence-electron chi connectivity index (χ2n) is 3.98. The van der Waals surface area contributed by atoms with Crippen molar-refractivity contribution in [3.05, 3.63) is 22.2 Å². The molecule has 0 bridgehead atoms. The molecule has 112 valence electrons. The number of amides is 1. The first-order valence-corrected chi connectivity index (χ1v) is 6.80. The number of halogens is 1. The van der Waals surface area contributed by atoms with Crippen LogP contribution >= 0.6 is 15.9 Å². The van der Waals surface area contributed by atoms with Crippen LogP contribution in [0.2, 0.25) is 0 Å². The Hall–Kier alpha value is -1.47. The topological polar surface area (TPSA) is 77.0 Å². The summed E-state index contributed by atoms with van der Waals surface area (Å²) < 4.78 is 15.8. The van der Waals surface area contributed by atoms with Crippen molar-refractivity contribution < 1.29 is 24.1 Å². The molecule has 2 N–H and O–H groups in total. The van der Waals surface area contributed by atoms with Gasteiger partial charge in [0.1, 0.15) is 11.5 Å². The fourth-order valence-electron chi connectivity index (χ4n) is 1.61. The highest BCUT2D eigenvalue weighted by atomic mass is 79.9. The summed E-state index contributed by atoms with van der Waals surface area (Å²) >= 11 is 3.38. The molecule has 1 amide bonds. The highest BCUT2D eigenvalue weighted by Crippen LogP contribution is 2.32. The standard InChI is InChI=1S/C13H18BrNO5/c1-8(16)20-13(17)15-5-4-9-6-12(19-3)10(14)7-11(9)18-2/h6-8,16H,4-5H2,1-3H3,(H,15,17). The summed E-state index contributed by atoms with van der Waals surface area (Å²) in [5.74, 6) is 1.38. The van der Waals surface area contributed by atoms with Crippen LogP contribution in [0.4, 0.5) is 4.79 Å². The molecule has 1 aromatic rings. The Morgan fingerprint density at radius 3 is 2.55 bits per heavy atom. The Morgan fingerprint density at radius 1 is 1.35 bits per heavy atom. The summed E-state index contributed by atoms with van der Waals surface area (Å²) in [6.45, 7) is 1.72. The molecule has 1 aromatic carbocycles. The molecule has 6 nitrogen and oxygen atoms in total. The molecule has 0 radical (unpaired) electrons. The Kier molecular flexibility index (Phi) is 6.60. The predicted molar refractivity (Wildman–Crippen MR) is 77.1 cm³/mol. The van der Waals surface area contributed by atoms with E-state index in [1.54, 1.807) is 14.2 Å². The van der Waals surface area contributed by atoms with Crippen molar-refractivity contribution in [3.63, 3.8) is 0 Å². The molecule has 0 aliphatic carbocycles. The van der Waals surface area contributed by atoms with Crippen LogP contribution in [0.1, 0.15) is 12.5 Å². The average molecular weight is 348 g/mol. The number of ether oxygens (including phenoxy) is 3. The lowest BCUT2D eigenvalue weighted by Gasteiger charge is -2.13. The van der Waals surface area contributed by atoms with E-state index in [0.29, 0.717) is 24.5 Å². The summed E-state index contributed by atoms with van der Waals surface area (Å²) in [5.41, 5.74) is 0.893. The number of methoxy groups -OCH3 is 2. The van der Waals surface area contributed by atoms with Gasteiger partial charge in [0.05, 0.1) is 18.7 Å². The summed E-state index contributed by atoms with van der Waals surface area (Å²) in [6, 6.07) is 3.65. The first-order chi connectivity index (χ1) is 9.47. The lowest BCUT2D eigenvalue weighted by molar-refractivity contribution is -0.0370. The molecule has 1 atom stereocenters. The number of rotatable bonds is 6. The normalized spacial score (nSPS) is 11.7. The lowest BCUT2D eigenvalue weighted by atomic mass is 10.1. The molecule has 20 heavy (non-hydrogen) atoms. The van der Waals surface area contributed by atoms with Crippen LogP contribution in [0.5, 0.6) is 11.5 Å². The zero-order valence-corrected chi connectivity index (χ0v) is 13.2. The fourth-order valence-corrected chi connectivity index (χ4v) is 2.10. The van der Waals surface area contributed by atoms with Crippen molar-refractivity contribution in [3.8, 4) is 11.5 Å². The van der Waals surface area contributed by atoms with Crippen molar-refractivity contribution in [2.75, 3.05) is 20.8 Å². The van der Waals surface area contributed by atoms with Crippen LogP contribution in [0, 0.1) is 0 Å². The fraction of sp³-hybridized carbons (Fsp3) is 0.462. The molecule has 1 unspecified atom stereocenters. The maximum Gasteiger partial charge on any atom is 0.409 e. The van der Waals surface area contributed by atoms with Crippen LogP contribution in [0.25, 0.3) is 0 Å². The molecule has 0 fully saturated rings. The van der Waals surface area contributed by atoms with Gasteiger partial charge in [-0.15, -0.1) is 0 Å². The van der Waals surface area contributed by atoms with E-state index >= 15 is 0 Å². The van der Waals surface area contributed by atoms with E-state index in [1.807, 2.05) is 12.1 Å². The van der Waals surface area contributed by atoms with Gasteiger partial charge in [0.2, 0.25) is 0 Å². The first kappa shape index (κ1) is 16.6. The molecule has 1 rings (SSSR count). The molecule has 7 heteroatoms.